The molecule has 0 saturated carbocycles. The summed E-state index contributed by atoms with van der Waals surface area (Å²) in [4.78, 5) is 25.0. The largest absolute Gasteiger partial charge is 0.347 e. The number of likely N-dealkylation sites (tertiary alicyclic amines) is 1. The topological polar surface area (TPSA) is 54.3 Å². The van der Waals surface area contributed by atoms with Crippen molar-refractivity contribution in [3.8, 4) is 11.1 Å². The Morgan fingerprint density at radius 2 is 1.77 bits per heavy atom. The zero-order chi connectivity index (χ0) is 15.7. The molecule has 0 unspecified atom stereocenters. The van der Waals surface area contributed by atoms with Crippen molar-refractivity contribution in [3.63, 3.8) is 0 Å². The molecule has 3 heterocycles. The number of nitrogens with zero attached hydrogens (tertiary/aromatic N) is 5. The van der Waals surface area contributed by atoms with Crippen LogP contribution in [0.5, 0.6) is 0 Å². The lowest BCUT2D eigenvalue weighted by molar-refractivity contribution is 0.0783. The van der Waals surface area contributed by atoms with Crippen LogP contribution in [0, 0.1) is 0 Å². The maximum atomic E-state index is 12.5. The van der Waals surface area contributed by atoms with Crippen molar-refractivity contribution >= 4 is 11.9 Å². The van der Waals surface area contributed by atoms with Gasteiger partial charge in [0.25, 0.3) is 5.91 Å². The van der Waals surface area contributed by atoms with E-state index in [4.69, 9.17) is 0 Å². The highest BCUT2D eigenvalue weighted by molar-refractivity contribution is 5.94. The van der Waals surface area contributed by atoms with Gasteiger partial charge < -0.3 is 14.4 Å². The molecule has 22 heavy (non-hydrogen) atoms. The summed E-state index contributed by atoms with van der Waals surface area (Å²) in [6, 6.07) is 1.93. The van der Waals surface area contributed by atoms with Gasteiger partial charge in [-0.2, -0.15) is 0 Å². The summed E-state index contributed by atoms with van der Waals surface area (Å²) >= 11 is 0. The predicted octanol–water partition coefficient (Wildman–Crippen LogP) is 1.78. The second kappa shape index (κ2) is 5.79. The maximum absolute atomic E-state index is 12.5. The van der Waals surface area contributed by atoms with Crippen LogP contribution < -0.4 is 4.90 Å². The minimum Gasteiger partial charge on any atom is -0.347 e. The van der Waals surface area contributed by atoms with E-state index in [0.717, 1.165) is 37.1 Å². The Morgan fingerprint density at radius 3 is 2.36 bits per heavy atom. The third-order valence-corrected chi connectivity index (χ3v) is 3.99. The Bertz CT molecular complexity index is 668. The monoisotopic (exact) mass is 299 g/mol. The molecule has 0 spiro atoms. The SMILES string of the molecule is CN(C)c1ncc(-c2cc(C(=O)N3CCCC3)n(C)c2)cn1. The average molecular weight is 299 g/mol. The van der Waals surface area contributed by atoms with Crippen LogP contribution in [-0.2, 0) is 7.05 Å². The highest BCUT2D eigenvalue weighted by Crippen LogP contribution is 2.23. The van der Waals surface area contributed by atoms with E-state index in [1.807, 2.05) is 47.8 Å². The summed E-state index contributed by atoms with van der Waals surface area (Å²) in [5.74, 6) is 0.783. The number of carbonyl (C=O) groups is 1. The zero-order valence-corrected chi connectivity index (χ0v) is 13.3. The molecule has 1 aliphatic heterocycles. The van der Waals surface area contributed by atoms with Gasteiger partial charge in [0.15, 0.2) is 0 Å². The van der Waals surface area contributed by atoms with Crippen LogP contribution in [0.15, 0.2) is 24.7 Å². The fourth-order valence-corrected chi connectivity index (χ4v) is 2.72. The van der Waals surface area contributed by atoms with Gasteiger partial charge >= 0.3 is 0 Å². The van der Waals surface area contributed by atoms with E-state index in [1.54, 1.807) is 12.4 Å². The number of carbonyl (C=O) groups excluding carboxylic acids is 1. The molecule has 2 aromatic heterocycles. The fourth-order valence-electron chi connectivity index (χ4n) is 2.72. The van der Waals surface area contributed by atoms with Gasteiger partial charge in [-0.1, -0.05) is 0 Å². The predicted molar refractivity (Wildman–Crippen MR) is 85.9 cm³/mol. The van der Waals surface area contributed by atoms with Crippen molar-refractivity contribution in [2.45, 2.75) is 12.8 Å². The third kappa shape index (κ3) is 2.68. The normalized spacial score (nSPS) is 14.4. The molecule has 0 aromatic carbocycles. The van der Waals surface area contributed by atoms with Crippen LogP contribution >= 0.6 is 0 Å². The lowest BCUT2D eigenvalue weighted by Crippen LogP contribution is -2.29. The van der Waals surface area contributed by atoms with Gasteiger partial charge in [0, 0.05) is 63.9 Å². The summed E-state index contributed by atoms with van der Waals surface area (Å²) < 4.78 is 1.88. The molecule has 2 aromatic rings. The Kier molecular flexibility index (Phi) is 3.83. The summed E-state index contributed by atoms with van der Waals surface area (Å²) in [6.07, 6.45) is 7.74. The van der Waals surface area contributed by atoms with Crippen LogP contribution in [0.1, 0.15) is 23.3 Å². The van der Waals surface area contributed by atoms with Gasteiger partial charge in [0.1, 0.15) is 5.69 Å². The molecule has 116 valence electrons. The number of hydrogen-bond acceptors (Lipinski definition) is 4. The second-order valence-electron chi connectivity index (χ2n) is 5.89. The highest BCUT2D eigenvalue weighted by Gasteiger charge is 2.22. The number of anilines is 1. The average Bonchev–Trinajstić information content (AvgIpc) is 3.16. The molecule has 0 radical (unpaired) electrons. The number of hydrogen-bond donors (Lipinski definition) is 0. The molecule has 1 fully saturated rings. The number of amides is 1. The van der Waals surface area contributed by atoms with E-state index in [-0.39, 0.29) is 5.91 Å². The van der Waals surface area contributed by atoms with E-state index in [2.05, 4.69) is 9.97 Å². The molecule has 6 nitrogen and oxygen atoms in total. The van der Waals surface area contributed by atoms with E-state index in [9.17, 15) is 4.79 Å². The molecule has 1 aliphatic rings. The lowest BCUT2D eigenvalue weighted by atomic mass is 10.2. The van der Waals surface area contributed by atoms with Crippen LogP contribution in [-0.4, -0.2) is 52.5 Å². The quantitative estimate of drug-likeness (QED) is 0.867. The molecule has 3 rings (SSSR count). The number of aryl methyl sites for hydroxylation is 1. The summed E-state index contributed by atoms with van der Waals surface area (Å²) in [5.41, 5.74) is 2.60. The summed E-state index contributed by atoms with van der Waals surface area (Å²) in [5, 5.41) is 0. The highest BCUT2D eigenvalue weighted by atomic mass is 16.2. The minimum absolute atomic E-state index is 0.108. The van der Waals surface area contributed by atoms with Crippen molar-refractivity contribution in [1.29, 1.82) is 0 Å². The van der Waals surface area contributed by atoms with Gasteiger partial charge in [-0.25, -0.2) is 9.97 Å². The Hall–Kier alpha value is -2.37. The summed E-state index contributed by atoms with van der Waals surface area (Å²) in [7, 11) is 5.72. The van der Waals surface area contributed by atoms with Gasteiger partial charge in [-0.3, -0.25) is 4.79 Å². The maximum Gasteiger partial charge on any atom is 0.270 e. The zero-order valence-electron chi connectivity index (χ0n) is 13.3. The molecule has 0 atom stereocenters. The third-order valence-electron chi connectivity index (χ3n) is 3.99. The molecule has 0 N–H and O–H groups in total. The molecule has 0 bridgehead atoms. The smallest absolute Gasteiger partial charge is 0.270 e. The van der Waals surface area contributed by atoms with Crippen molar-refractivity contribution in [2.24, 2.45) is 7.05 Å². The first-order valence-electron chi connectivity index (χ1n) is 7.51. The standard InChI is InChI=1S/C16H21N5O/c1-19(2)16-17-9-13(10-18-16)12-8-14(20(3)11-12)15(22)21-6-4-5-7-21/h8-11H,4-7H2,1-3H3. The number of aromatic nitrogens is 3. The van der Waals surface area contributed by atoms with E-state index < -0.39 is 0 Å². The Balaban J connectivity index is 1.86. The second-order valence-corrected chi connectivity index (χ2v) is 5.89. The van der Waals surface area contributed by atoms with E-state index in [1.165, 1.54) is 0 Å². The number of rotatable bonds is 3. The summed E-state index contributed by atoms with van der Waals surface area (Å²) in [6.45, 7) is 1.72. The first kappa shape index (κ1) is 14.6. The van der Waals surface area contributed by atoms with Crippen LogP contribution in [0.3, 0.4) is 0 Å². The minimum atomic E-state index is 0.108. The lowest BCUT2D eigenvalue weighted by Gasteiger charge is -2.15. The van der Waals surface area contributed by atoms with Crippen molar-refractivity contribution in [3.05, 3.63) is 30.4 Å². The van der Waals surface area contributed by atoms with Gasteiger partial charge in [-0.15, -0.1) is 0 Å². The molecule has 6 heteroatoms. The van der Waals surface area contributed by atoms with Gasteiger partial charge in [-0.05, 0) is 18.9 Å². The molecule has 1 amide bonds. The fraction of sp³-hybridized carbons (Fsp3) is 0.438. The van der Waals surface area contributed by atoms with E-state index >= 15 is 0 Å². The first-order chi connectivity index (χ1) is 10.6. The Morgan fingerprint density at radius 1 is 1.14 bits per heavy atom. The molecular formula is C16H21N5O. The van der Waals surface area contributed by atoms with E-state index in [0.29, 0.717) is 11.6 Å². The van der Waals surface area contributed by atoms with Gasteiger partial charge in [0.05, 0.1) is 0 Å². The van der Waals surface area contributed by atoms with Crippen LogP contribution in [0.25, 0.3) is 11.1 Å². The van der Waals surface area contributed by atoms with Crippen LogP contribution in [0.2, 0.25) is 0 Å². The Labute approximate surface area is 130 Å². The molecule has 0 aliphatic carbocycles. The molecule has 1 saturated heterocycles. The van der Waals surface area contributed by atoms with Crippen molar-refractivity contribution < 1.29 is 4.79 Å². The van der Waals surface area contributed by atoms with Gasteiger partial charge in [0.2, 0.25) is 5.95 Å². The molecular weight excluding hydrogens is 278 g/mol. The first-order valence-corrected chi connectivity index (χ1v) is 7.51. The van der Waals surface area contributed by atoms with Crippen molar-refractivity contribution in [1.82, 2.24) is 19.4 Å². The van der Waals surface area contributed by atoms with Crippen molar-refractivity contribution in [2.75, 3.05) is 32.1 Å². The van der Waals surface area contributed by atoms with Crippen LogP contribution in [0.4, 0.5) is 5.95 Å².